The zero-order valence-corrected chi connectivity index (χ0v) is 18.5. The van der Waals surface area contributed by atoms with Gasteiger partial charge < -0.3 is 4.74 Å². The summed E-state index contributed by atoms with van der Waals surface area (Å²) in [5.41, 5.74) is 5.61. The summed E-state index contributed by atoms with van der Waals surface area (Å²) in [4.78, 5) is 26.7. The lowest BCUT2D eigenvalue weighted by Gasteiger charge is -2.04. The van der Waals surface area contributed by atoms with Crippen molar-refractivity contribution >= 4 is 28.9 Å². The maximum Gasteiger partial charge on any atom is 0.288 e. The minimum absolute atomic E-state index is 0.0476. The highest BCUT2D eigenvalue weighted by Gasteiger charge is 2.38. The van der Waals surface area contributed by atoms with E-state index in [1.165, 1.54) is 0 Å². The van der Waals surface area contributed by atoms with Gasteiger partial charge in [0.2, 0.25) is 5.78 Å². The number of rotatable bonds is 4. The van der Waals surface area contributed by atoms with E-state index < -0.39 is 11.6 Å². The Hall–Kier alpha value is -4.90. The molecule has 0 bridgehead atoms. The molecule has 1 aliphatic carbocycles. The summed E-state index contributed by atoms with van der Waals surface area (Å²) in [6.07, 6.45) is 0. The lowest BCUT2D eigenvalue weighted by molar-refractivity contribution is -0.109. The van der Waals surface area contributed by atoms with Gasteiger partial charge in [0.05, 0.1) is 0 Å². The van der Waals surface area contributed by atoms with Crippen molar-refractivity contribution in [3.8, 4) is 11.1 Å². The van der Waals surface area contributed by atoms with Crippen molar-refractivity contribution < 1.29 is 14.3 Å². The molecular weight excluding hydrogens is 436 g/mol. The van der Waals surface area contributed by atoms with Crippen LogP contribution in [0.5, 0.6) is 0 Å². The number of benzene rings is 4. The van der Waals surface area contributed by atoms with Crippen LogP contribution in [0.1, 0.15) is 27.0 Å². The van der Waals surface area contributed by atoms with Gasteiger partial charge in [-0.2, -0.15) is 0 Å². The van der Waals surface area contributed by atoms with Crippen molar-refractivity contribution in [2.24, 2.45) is 10.2 Å². The van der Waals surface area contributed by atoms with Crippen molar-refractivity contribution in [1.82, 2.24) is 0 Å². The number of carbonyl (C=O) groups is 2. The average Bonchev–Trinajstić information content (AvgIpc) is 3.42. The molecule has 35 heavy (non-hydrogen) atoms. The molecule has 5 nitrogen and oxygen atoms in total. The molecule has 0 saturated heterocycles. The Morgan fingerprint density at radius 3 is 1.71 bits per heavy atom. The summed E-state index contributed by atoms with van der Waals surface area (Å²) in [5.74, 6) is -1.03. The van der Waals surface area contributed by atoms with Crippen LogP contribution in [0.2, 0.25) is 0 Å². The van der Waals surface area contributed by atoms with E-state index >= 15 is 0 Å². The Labute approximate surface area is 201 Å². The Morgan fingerprint density at radius 2 is 1.11 bits per heavy atom. The van der Waals surface area contributed by atoms with Crippen LogP contribution < -0.4 is 0 Å². The molecule has 0 radical (unpaired) electrons. The van der Waals surface area contributed by atoms with Gasteiger partial charge in [0.1, 0.15) is 11.3 Å². The van der Waals surface area contributed by atoms with Crippen LogP contribution in [0.3, 0.4) is 0 Å². The van der Waals surface area contributed by atoms with E-state index in [4.69, 9.17) is 4.74 Å². The molecule has 0 fully saturated rings. The molecule has 0 amide bonds. The molecule has 4 aromatic carbocycles. The molecule has 0 saturated carbocycles. The first-order valence-electron chi connectivity index (χ1n) is 11.2. The number of carbonyl (C=O) groups excluding carboxylic acids is 2. The number of nitrogens with zero attached hydrogens (tertiary/aromatic N) is 2. The number of ketones is 2. The van der Waals surface area contributed by atoms with Gasteiger partial charge in [-0.15, -0.1) is 10.2 Å². The third-order valence-electron chi connectivity index (χ3n) is 6.04. The van der Waals surface area contributed by atoms with Crippen LogP contribution in [0.4, 0.5) is 0 Å². The van der Waals surface area contributed by atoms with Crippen LogP contribution in [-0.4, -0.2) is 23.2 Å². The highest BCUT2D eigenvalue weighted by atomic mass is 16.5. The standard InChI is InChI=1S/C30H18N2O3/c33-27(19-11-3-1-4-12-19)25-28(34)30(35-29(25)20-13-5-2-6-14-20)32-31-26-23-17-9-7-15-21(23)22-16-8-10-18-24(22)26/h1-18H/b32-30+. The molecular formula is C30H18N2O3. The van der Waals surface area contributed by atoms with Gasteiger partial charge in [-0.1, -0.05) is 109 Å². The molecule has 2 aliphatic rings. The van der Waals surface area contributed by atoms with Gasteiger partial charge >= 0.3 is 0 Å². The fourth-order valence-corrected chi connectivity index (χ4v) is 4.40. The maximum absolute atomic E-state index is 13.4. The van der Waals surface area contributed by atoms with Gasteiger partial charge in [-0.05, 0) is 11.1 Å². The summed E-state index contributed by atoms with van der Waals surface area (Å²) in [5, 5.41) is 8.68. The average molecular weight is 454 g/mol. The first kappa shape index (κ1) is 20.7. The largest absolute Gasteiger partial charge is 0.433 e. The minimum atomic E-state index is -0.582. The van der Waals surface area contributed by atoms with Crippen molar-refractivity contribution in [1.29, 1.82) is 0 Å². The molecule has 1 aliphatic heterocycles. The van der Waals surface area contributed by atoms with Crippen LogP contribution in [0.15, 0.2) is 125 Å². The summed E-state index contributed by atoms with van der Waals surface area (Å²) >= 11 is 0. The topological polar surface area (TPSA) is 68.1 Å². The summed E-state index contributed by atoms with van der Waals surface area (Å²) in [6, 6.07) is 33.6. The maximum atomic E-state index is 13.4. The summed E-state index contributed by atoms with van der Waals surface area (Å²) < 4.78 is 5.90. The zero-order valence-electron chi connectivity index (χ0n) is 18.5. The zero-order chi connectivity index (χ0) is 23.8. The van der Waals surface area contributed by atoms with Crippen LogP contribution in [0, 0.1) is 0 Å². The highest BCUT2D eigenvalue weighted by Crippen LogP contribution is 2.37. The number of ether oxygens (including phenoxy) is 1. The molecule has 0 spiro atoms. The van der Waals surface area contributed by atoms with Crippen LogP contribution in [-0.2, 0) is 9.53 Å². The third kappa shape index (κ3) is 3.50. The number of Topliss-reactive ketones (excluding diaryl/α,β-unsaturated/α-hetero) is 2. The lowest BCUT2D eigenvalue weighted by atomic mass is 9.98. The smallest absolute Gasteiger partial charge is 0.288 e. The highest BCUT2D eigenvalue weighted by molar-refractivity contribution is 6.55. The molecule has 0 aromatic heterocycles. The normalized spacial score (nSPS) is 15.1. The van der Waals surface area contributed by atoms with Crippen LogP contribution >= 0.6 is 0 Å². The van der Waals surface area contributed by atoms with E-state index in [1.807, 2.05) is 72.8 Å². The van der Waals surface area contributed by atoms with Crippen molar-refractivity contribution in [3.63, 3.8) is 0 Å². The van der Waals surface area contributed by atoms with E-state index in [1.54, 1.807) is 36.4 Å². The van der Waals surface area contributed by atoms with Gasteiger partial charge in [0, 0.05) is 22.3 Å². The van der Waals surface area contributed by atoms with E-state index in [9.17, 15) is 9.59 Å². The first-order chi connectivity index (χ1) is 17.2. The number of fused-ring (bicyclic) bond motifs is 3. The van der Waals surface area contributed by atoms with Gasteiger partial charge in [-0.25, -0.2) is 0 Å². The number of hydrogen-bond acceptors (Lipinski definition) is 5. The molecule has 0 N–H and O–H groups in total. The Morgan fingerprint density at radius 1 is 0.600 bits per heavy atom. The monoisotopic (exact) mass is 454 g/mol. The molecule has 4 aromatic rings. The van der Waals surface area contributed by atoms with Crippen molar-refractivity contribution in [3.05, 3.63) is 137 Å². The second-order valence-corrected chi connectivity index (χ2v) is 8.14. The molecule has 166 valence electrons. The molecule has 0 unspecified atom stereocenters. The third-order valence-corrected chi connectivity index (χ3v) is 6.04. The molecule has 1 heterocycles. The molecule has 5 heteroatoms. The van der Waals surface area contributed by atoms with Crippen molar-refractivity contribution in [2.75, 3.05) is 0 Å². The molecule has 0 atom stereocenters. The van der Waals surface area contributed by atoms with E-state index in [0.717, 1.165) is 22.3 Å². The fraction of sp³-hybridized carbons (Fsp3) is 0. The Bertz CT molecular complexity index is 1530. The number of hydrogen-bond donors (Lipinski definition) is 0. The van der Waals surface area contributed by atoms with Gasteiger partial charge in [-0.3, -0.25) is 9.59 Å². The van der Waals surface area contributed by atoms with Crippen molar-refractivity contribution in [2.45, 2.75) is 0 Å². The SMILES string of the molecule is O=C1C(C(=O)c2ccccc2)=C(c2ccccc2)O/C1=N/N=C1c2ccccc2-c2ccccc21. The van der Waals surface area contributed by atoms with Gasteiger partial charge in [0.25, 0.3) is 11.7 Å². The quantitative estimate of drug-likeness (QED) is 0.198. The van der Waals surface area contributed by atoms with Gasteiger partial charge in [0.15, 0.2) is 5.76 Å². The Kier molecular flexibility index (Phi) is 5.00. The fourth-order valence-electron chi connectivity index (χ4n) is 4.40. The van der Waals surface area contributed by atoms with Crippen LogP contribution in [0.25, 0.3) is 16.9 Å². The minimum Gasteiger partial charge on any atom is -0.433 e. The first-order valence-corrected chi connectivity index (χ1v) is 11.2. The predicted octanol–water partition coefficient (Wildman–Crippen LogP) is 5.71. The van der Waals surface area contributed by atoms with E-state index in [2.05, 4.69) is 10.2 Å². The van der Waals surface area contributed by atoms with E-state index in [-0.39, 0.29) is 17.2 Å². The summed E-state index contributed by atoms with van der Waals surface area (Å²) in [7, 11) is 0. The van der Waals surface area contributed by atoms with E-state index in [0.29, 0.717) is 16.8 Å². The second kappa shape index (κ2) is 8.47. The predicted molar refractivity (Wildman–Crippen MR) is 135 cm³/mol. The molecule has 6 rings (SSSR count). The summed E-state index contributed by atoms with van der Waals surface area (Å²) in [6.45, 7) is 0. The Balaban J connectivity index is 1.44. The second-order valence-electron chi connectivity index (χ2n) is 8.14. The lowest BCUT2D eigenvalue weighted by Crippen LogP contribution is -2.16.